The number of carboxylic acids is 1. The summed E-state index contributed by atoms with van der Waals surface area (Å²) in [5.41, 5.74) is 0.711. The molecule has 1 amide bonds. The van der Waals surface area contributed by atoms with Crippen LogP contribution in [0.25, 0.3) is 0 Å². The topological polar surface area (TPSA) is 66.8 Å². The van der Waals surface area contributed by atoms with Crippen LogP contribution in [0.15, 0.2) is 23.8 Å². The number of allylic oxidation sites excluding steroid dienone is 2. The minimum atomic E-state index is -0.926. The zero-order chi connectivity index (χ0) is 17.2. The van der Waals surface area contributed by atoms with Gasteiger partial charge in [0.1, 0.15) is 11.5 Å². The number of fused-ring (bicyclic) bond motifs is 1. The molecule has 0 aromatic carbocycles. The Bertz CT molecular complexity index is 654. The second-order valence-electron chi connectivity index (χ2n) is 8.17. The fraction of sp³-hybridized carbons (Fsp3) is 0.684. The Balaban J connectivity index is 1.56. The van der Waals surface area contributed by atoms with Gasteiger partial charge in [-0.15, -0.1) is 0 Å². The number of hydrogen-bond donors (Lipinski definition) is 1. The Hall–Kier alpha value is -1.62. The third-order valence-electron chi connectivity index (χ3n) is 6.49. The van der Waals surface area contributed by atoms with Gasteiger partial charge >= 0.3 is 5.97 Å². The third kappa shape index (κ3) is 2.10. The lowest BCUT2D eigenvalue weighted by molar-refractivity contribution is -0.148. The molecule has 3 aliphatic heterocycles. The first kappa shape index (κ1) is 15.9. The number of rotatable bonds is 3. The third-order valence-corrected chi connectivity index (χ3v) is 6.49. The first-order valence-electron chi connectivity index (χ1n) is 8.88. The van der Waals surface area contributed by atoms with Crippen LogP contribution in [0.1, 0.15) is 27.2 Å². The molecule has 2 saturated heterocycles. The maximum Gasteiger partial charge on any atom is 0.310 e. The predicted molar refractivity (Wildman–Crippen MR) is 88.1 cm³/mol. The first-order valence-corrected chi connectivity index (χ1v) is 8.88. The normalized spacial score (nSPS) is 46.4. The summed E-state index contributed by atoms with van der Waals surface area (Å²) in [4.78, 5) is 26.5. The Morgan fingerprint density at radius 3 is 2.88 bits per heavy atom. The summed E-state index contributed by atoms with van der Waals surface area (Å²) in [5.74, 6) is -0.893. The zero-order valence-electron chi connectivity index (χ0n) is 14.4. The molecule has 7 atom stereocenters. The molecule has 2 fully saturated rings. The van der Waals surface area contributed by atoms with Crippen molar-refractivity contribution in [1.82, 2.24) is 4.90 Å². The summed E-state index contributed by atoms with van der Waals surface area (Å²) in [6.45, 7) is 7.82. The van der Waals surface area contributed by atoms with Gasteiger partial charge in [0.05, 0.1) is 18.6 Å². The van der Waals surface area contributed by atoms with Gasteiger partial charge < -0.3 is 14.7 Å². The van der Waals surface area contributed by atoms with E-state index in [1.807, 2.05) is 17.1 Å². The Morgan fingerprint density at radius 1 is 1.46 bits per heavy atom. The average Bonchev–Trinajstić information content (AvgIpc) is 3.11. The quantitative estimate of drug-likeness (QED) is 0.804. The van der Waals surface area contributed by atoms with Crippen molar-refractivity contribution in [2.75, 3.05) is 13.1 Å². The average molecular weight is 331 g/mol. The smallest absolute Gasteiger partial charge is 0.310 e. The lowest BCUT2D eigenvalue weighted by Gasteiger charge is -2.36. The Morgan fingerprint density at radius 2 is 2.21 bits per heavy atom. The molecule has 1 aliphatic carbocycles. The number of hydrogen-bond acceptors (Lipinski definition) is 3. The van der Waals surface area contributed by atoms with Crippen molar-refractivity contribution in [3.8, 4) is 0 Å². The number of carbonyl (C=O) groups is 2. The van der Waals surface area contributed by atoms with Gasteiger partial charge in [-0.2, -0.15) is 0 Å². The fourth-order valence-electron chi connectivity index (χ4n) is 5.43. The van der Waals surface area contributed by atoms with E-state index < -0.39 is 29.5 Å². The molecule has 1 spiro atoms. The summed E-state index contributed by atoms with van der Waals surface area (Å²) in [5, 5.41) is 9.53. The minimum Gasteiger partial charge on any atom is -0.481 e. The van der Waals surface area contributed by atoms with Gasteiger partial charge in [-0.05, 0) is 31.1 Å². The van der Waals surface area contributed by atoms with Gasteiger partial charge in [-0.25, -0.2) is 0 Å². The van der Waals surface area contributed by atoms with E-state index in [0.717, 1.165) is 6.42 Å². The summed E-state index contributed by atoms with van der Waals surface area (Å²) in [6, 6.07) is 0. The number of aliphatic carboxylic acids is 1. The van der Waals surface area contributed by atoms with Crippen molar-refractivity contribution in [1.29, 1.82) is 0 Å². The summed E-state index contributed by atoms with van der Waals surface area (Å²) < 4.78 is 5.95. The molecule has 0 unspecified atom stereocenters. The molecule has 0 aromatic rings. The van der Waals surface area contributed by atoms with E-state index in [9.17, 15) is 14.7 Å². The van der Waals surface area contributed by atoms with Crippen LogP contribution in [0, 0.1) is 29.6 Å². The van der Waals surface area contributed by atoms with E-state index in [1.165, 1.54) is 5.57 Å². The van der Waals surface area contributed by atoms with E-state index in [1.54, 1.807) is 0 Å². The molecule has 4 aliphatic rings. The van der Waals surface area contributed by atoms with Crippen molar-refractivity contribution < 1.29 is 19.4 Å². The van der Waals surface area contributed by atoms with Crippen LogP contribution < -0.4 is 0 Å². The molecule has 0 aromatic heterocycles. The monoisotopic (exact) mass is 331 g/mol. The molecule has 2 bridgehead atoms. The molecular weight excluding hydrogens is 306 g/mol. The number of ether oxygens (including phenoxy) is 1. The minimum absolute atomic E-state index is 0.0417. The van der Waals surface area contributed by atoms with E-state index in [-0.39, 0.29) is 5.91 Å². The largest absolute Gasteiger partial charge is 0.481 e. The molecule has 1 N–H and O–H groups in total. The molecule has 0 saturated carbocycles. The molecule has 0 radical (unpaired) electrons. The SMILES string of the molecule is CC1=C[C@H](C)[C@H](CN2C[C@]34C=C[C@@H](O3)[C@H](C(=O)O)[C@@H]4C2=O)[C@H](C)C1. The van der Waals surface area contributed by atoms with Crippen LogP contribution in [-0.4, -0.2) is 46.7 Å². The van der Waals surface area contributed by atoms with E-state index >= 15 is 0 Å². The van der Waals surface area contributed by atoms with Gasteiger partial charge in [-0.3, -0.25) is 9.59 Å². The summed E-state index contributed by atoms with van der Waals surface area (Å²) in [6.07, 6.45) is 6.69. The molecule has 5 nitrogen and oxygen atoms in total. The van der Waals surface area contributed by atoms with Crippen LogP contribution in [0.5, 0.6) is 0 Å². The molecule has 24 heavy (non-hydrogen) atoms. The fourth-order valence-corrected chi connectivity index (χ4v) is 5.43. The lowest BCUT2D eigenvalue weighted by Crippen LogP contribution is -2.41. The van der Waals surface area contributed by atoms with Gasteiger partial charge in [-0.1, -0.05) is 37.6 Å². The second kappa shape index (κ2) is 5.19. The number of nitrogens with zero attached hydrogens (tertiary/aromatic N) is 1. The van der Waals surface area contributed by atoms with Crippen molar-refractivity contribution in [3.63, 3.8) is 0 Å². The van der Waals surface area contributed by atoms with Crippen molar-refractivity contribution in [2.24, 2.45) is 29.6 Å². The summed E-state index contributed by atoms with van der Waals surface area (Å²) >= 11 is 0. The number of likely N-dealkylation sites (tertiary alicyclic amines) is 1. The number of amides is 1. The van der Waals surface area contributed by atoms with E-state index in [2.05, 4.69) is 26.8 Å². The van der Waals surface area contributed by atoms with Crippen LogP contribution in [0.2, 0.25) is 0 Å². The van der Waals surface area contributed by atoms with Crippen molar-refractivity contribution in [3.05, 3.63) is 23.8 Å². The van der Waals surface area contributed by atoms with Gasteiger partial charge in [0, 0.05) is 6.54 Å². The highest BCUT2D eigenvalue weighted by molar-refractivity contribution is 5.90. The van der Waals surface area contributed by atoms with Crippen LogP contribution in [0.3, 0.4) is 0 Å². The maximum absolute atomic E-state index is 13.0. The highest BCUT2D eigenvalue weighted by Gasteiger charge is 2.67. The lowest BCUT2D eigenvalue weighted by atomic mass is 9.75. The van der Waals surface area contributed by atoms with Gasteiger partial charge in [0.25, 0.3) is 0 Å². The summed E-state index contributed by atoms with van der Waals surface area (Å²) in [7, 11) is 0. The Kier molecular flexibility index (Phi) is 3.43. The highest BCUT2D eigenvalue weighted by Crippen LogP contribution is 2.52. The molecular formula is C19H25NO4. The van der Waals surface area contributed by atoms with Gasteiger partial charge in [0.15, 0.2) is 0 Å². The van der Waals surface area contributed by atoms with Crippen molar-refractivity contribution >= 4 is 11.9 Å². The van der Waals surface area contributed by atoms with E-state index in [4.69, 9.17) is 4.74 Å². The molecule has 130 valence electrons. The number of carbonyl (C=O) groups excluding carboxylic acids is 1. The van der Waals surface area contributed by atoms with Crippen LogP contribution in [0.4, 0.5) is 0 Å². The molecule has 3 heterocycles. The zero-order valence-corrected chi connectivity index (χ0v) is 14.4. The van der Waals surface area contributed by atoms with E-state index in [0.29, 0.717) is 30.8 Å². The van der Waals surface area contributed by atoms with Gasteiger partial charge in [0.2, 0.25) is 5.91 Å². The first-order chi connectivity index (χ1) is 11.3. The molecule has 4 rings (SSSR count). The highest BCUT2D eigenvalue weighted by atomic mass is 16.5. The van der Waals surface area contributed by atoms with Crippen molar-refractivity contribution in [2.45, 2.75) is 38.9 Å². The number of carboxylic acid groups (broad SMARTS) is 1. The maximum atomic E-state index is 13.0. The molecule has 5 heteroatoms. The van der Waals surface area contributed by atoms with Crippen LogP contribution >= 0.6 is 0 Å². The van der Waals surface area contributed by atoms with Crippen LogP contribution in [-0.2, 0) is 14.3 Å². The second-order valence-corrected chi connectivity index (χ2v) is 8.17. The standard InChI is InChI=1S/C19H25NO4/c1-10-6-11(2)13(12(3)7-10)8-20-9-19-5-4-14(24-19)15(18(22)23)16(19)17(20)21/h4-6,11-16H,7-9H2,1-3H3,(H,22,23)/t11-,12+,13-,14+,15-,16+,19-/m0/s1. The predicted octanol–water partition coefficient (Wildman–Crippen LogP) is 2.09. The Labute approximate surface area is 142 Å².